The van der Waals surface area contributed by atoms with E-state index in [4.69, 9.17) is 14.6 Å². The van der Waals surface area contributed by atoms with Gasteiger partial charge in [0.15, 0.2) is 11.5 Å². The quantitative estimate of drug-likeness (QED) is 0.867. The Hall–Kier alpha value is -2.24. The van der Waals surface area contributed by atoms with Gasteiger partial charge in [0, 0.05) is 19.0 Å². The van der Waals surface area contributed by atoms with Crippen LogP contribution in [0, 0.1) is 5.92 Å². The fraction of sp³-hybridized carbons (Fsp3) is 0.529. The summed E-state index contributed by atoms with van der Waals surface area (Å²) in [6.07, 6.45) is 1.46. The van der Waals surface area contributed by atoms with Gasteiger partial charge in [-0.25, -0.2) is 0 Å². The Bertz CT molecular complexity index is 586. The van der Waals surface area contributed by atoms with Crippen LogP contribution in [0.4, 0.5) is 0 Å². The number of carbonyl (C=O) groups is 2. The second kappa shape index (κ2) is 7.35. The molecular weight excluding hydrogens is 298 g/mol. The van der Waals surface area contributed by atoms with Crippen LogP contribution in [-0.2, 0) is 16.0 Å². The van der Waals surface area contributed by atoms with Crippen molar-refractivity contribution >= 4 is 11.9 Å². The van der Waals surface area contributed by atoms with Gasteiger partial charge < -0.3 is 19.5 Å². The van der Waals surface area contributed by atoms with Crippen molar-refractivity contribution in [3.63, 3.8) is 0 Å². The van der Waals surface area contributed by atoms with E-state index < -0.39 is 11.9 Å². The first kappa shape index (κ1) is 17.1. The minimum absolute atomic E-state index is 0.00367. The molecule has 1 aromatic carbocycles. The molecule has 6 nitrogen and oxygen atoms in total. The number of hydrogen-bond acceptors (Lipinski definition) is 4. The summed E-state index contributed by atoms with van der Waals surface area (Å²) in [5, 5.41) is 9.13. The Balaban J connectivity index is 1.96. The Morgan fingerprint density at radius 2 is 1.96 bits per heavy atom. The summed E-state index contributed by atoms with van der Waals surface area (Å²) in [5.74, 6) is 0.00160. The van der Waals surface area contributed by atoms with Crippen LogP contribution in [0.5, 0.6) is 11.5 Å². The van der Waals surface area contributed by atoms with Gasteiger partial charge in [0.1, 0.15) is 0 Å². The van der Waals surface area contributed by atoms with Crippen LogP contribution in [0.1, 0.15) is 25.3 Å². The summed E-state index contributed by atoms with van der Waals surface area (Å²) in [7, 11) is 3.15. The molecule has 1 N–H and O–H groups in total. The molecule has 0 bridgehead atoms. The molecule has 0 aliphatic carbocycles. The average molecular weight is 321 g/mol. The van der Waals surface area contributed by atoms with Crippen molar-refractivity contribution in [3.8, 4) is 11.5 Å². The SMILES string of the molecule is COc1ccc(CCC(=O)N2CCC(C(=O)O)C2C)cc1OC. The predicted octanol–water partition coefficient (Wildman–Crippen LogP) is 1.96. The molecule has 126 valence electrons. The van der Waals surface area contributed by atoms with Crippen LogP contribution in [0.25, 0.3) is 0 Å². The number of methoxy groups -OCH3 is 2. The lowest BCUT2D eigenvalue weighted by atomic mass is 10.0. The van der Waals surface area contributed by atoms with Crippen LogP contribution in [-0.4, -0.2) is 48.7 Å². The smallest absolute Gasteiger partial charge is 0.308 e. The van der Waals surface area contributed by atoms with Gasteiger partial charge in [-0.3, -0.25) is 9.59 Å². The molecule has 23 heavy (non-hydrogen) atoms. The van der Waals surface area contributed by atoms with E-state index in [1.807, 2.05) is 18.2 Å². The standard InChI is InChI=1S/C17H23NO5/c1-11-13(17(20)21)8-9-18(11)16(19)7-5-12-4-6-14(22-2)15(10-12)23-3/h4,6,10-11,13H,5,7-9H2,1-3H3,(H,20,21). The molecule has 1 aliphatic rings. The lowest BCUT2D eigenvalue weighted by Crippen LogP contribution is -2.37. The summed E-state index contributed by atoms with van der Waals surface area (Å²) < 4.78 is 10.4. The summed E-state index contributed by atoms with van der Waals surface area (Å²) in [6.45, 7) is 2.32. The highest BCUT2D eigenvalue weighted by atomic mass is 16.5. The number of benzene rings is 1. The first-order chi connectivity index (χ1) is 11.0. The third-order valence-electron chi connectivity index (χ3n) is 4.47. The lowest BCUT2D eigenvalue weighted by molar-refractivity contribution is -0.143. The number of carboxylic acid groups (broad SMARTS) is 1. The van der Waals surface area contributed by atoms with Crippen molar-refractivity contribution in [2.24, 2.45) is 5.92 Å². The highest BCUT2D eigenvalue weighted by Gasteiger charge is 2.37. The number of aryl methyl sites for hydroxylation is 1. The molecule has 0 radical (unpaired) electrons. The highest BCUT2D eigenvalue weighted by molar-refractivity contribution is 5.79. The summed E-state index contributed by atoms with van der Waals surface area (Å²) in [5.41, 5.74) is 0.984. The Morgan fingerprint density at radius 1 is 1.26 bits per heavy atom. The van der Waals surface area contributed by atoms with Gasteiger partial charge in [-0.2, -0.15) is 0 Å². The molecule has 0 saturated carbocycles. The number of nitrogens with zero attached hydrogens (tertiary/aromatic N) is 1. The normalized spacial score (nSPS) is 20.4. The molecule has 1 saturated heterocycles. The number of likely N-dealkylation sites (tertiary alicyclic amines) is 1. The van der Waals surface area contributed by atoms with E-state index in [0.717, 1.165) is 5.56 Å². The van der Waals surface area contributed by atoms with E-state index in [0.29, 0.717) is 37.3 Å². The first-order valence-electron chi connectivity index (χ1n) is 7.71. The molecular formula is C17H23NO5. The fourth-order valence-corrected chi connectivity index (χ4v) is 3.05. The zero-order valence-corrected chi connectivity index (χ0v) is 13.7. The van der Waals surface area contributed by atoms with Gasteiger partial charge >= 0.3 is 5.97 Å². The number of aliphatic carboxylic acids is 1. The van der Waals surface area contributed by atoms with E-state index in [2.05, 4.69) is 0 Å². The van der Waals surface area contributed by atoms with E-state index >= 15 is 0 Å². The average Bonchev–Trinajstić information content (AvgIpc) is 2.94. The van der Waals surface area contributed by atoms with Crippen molar-refractivity contribution in [1.82, 2.24) is 4.90 Å². The number of carboxylic acids is 1. The van der Waals surface area contributed by atoms with Crippen LogP contribution in [0.2, 0.25) is 0 Å². The first-order valence-corrected chi connectivity index (χ1v) is 7.71. The maximum Gasteiger partial charge on any atom is 0.308 e. The van der Waals surface area contributed by atoms with E-state index in [1.165, 1.54) is 0 Å². The third-order valence-corrected chi connectivity index (χ3v) is 4.47. The van der Waals surface area contributed by atoms with Crippen LogP contribution < -0.4 is 9.47 Å². The van der Waals surface area contributed by atoms with Gasteiger partial charge in [0.05, 0.1) is 20.1 Å². The zero-order chi connectivity index (χ0) is 17.0. The topological polar surface area (TPSA) is 76.1 Å². The van der Waals surface area contributed by atoms with E-state index in [9.17, 15) is 9.59 Å². The molecule has 2 atom stereocenters. The molecule has 1 heterocycles. The second-order valence-electron chi connectivity index (χ2n) is 5.75. The molecule has 0 spiro atoms. The van der Waals surface area contributed by atoms with Crippen molar-refractivity contribution < 1.29 is 24.2 Å². The van der Waals surface area contributed by atoms with Gasteiger partial charge in [-0.1, -0.05) is 6.07 Å². The third kappa shape index (κ3) is 3.75. The summed E-state index contributed by atoms with van der Waals surface area (Å²) in [6, 6.07) is 5.34. The predicted molar refractivity (Wildman–Crippen MR) is 84.8 cm³/mol. The Kier molecular flexibility index (Phi) is 5.47. The largest absolute Gasteiger partial charge is 0.493 e. The molecule has 2 unspecified atom stereocenters. The molecule has 6 heteroatoms. The minimum atomic E-state index is -0.826. The van der Waals surface area contributed by atoms with E-state index in [1.54, 1.807) is 26.0 Å². The minimum Gasteiger partial charge on any atom is -0.493 e. The zero-order valence-electron chi connectivity index (χ0n) is 13.7. The number of amides is 1. The Morgan fingerprint density at radius 3 is 2.52 bits per heavy atom. The van der Waals surface area contributed by atoms with Gasteiger partial charge in [-0.05, 0) is 37.5 Å². The molecule has 2 rings (SSSR count). The fourth-order valence-electron chi connectivity index (χ4n) is 3.05. The maximum atomic E-state index is 12.4. The highest BCUT2D eigenvalue weighted by Crippen LogP contribution is 2.29. The number of hydrogen-bond donors (Lipinski definition) is 1. The van der Waals surface area contributed by atoms with Crippen LogP contribution in [0.15, 0.2) is 18.2 Å². The number of carbonyl (C=O) groups excluding carboxylic acids is 1. The monoisotopic (exact) mass is 321 g/mol. The van der Waals surface area contributed by atoms with Crippen LogP contribution >= 0.6 is 0 Å². The van der Waals surface area contributed by atoms with Gasteiger partial charge in [0.2, 0.25) is 5.91 Å². The lowest BCUT2D eigenvalue weighted by Gasteiger charge is -2.23. The molecule has 1 aromatic rings. The van der Waals surface area contributed by atoms with Gasteiger partial charge in [-0.15, -0.1) is 0 Å². The number of rotatable bonds is 6. The molecule has 1 fully saturated rings. The molecule has 0 aromatic heterocycles. The molecule has 1 amide bonds. The summed E-state index contributed by atoms with van der Waals surface area (Å²) in [4.78, 5) is 25.2. The van der Waals surface area contributed by atoms with Crippen molar-refractivity contribution in [1.29, 1.82) is 0 Å². The van der Waals surface area contributed by atoms with Crippen molar-refractivity contribution in [2.45, 2.75) is 32.2 Å². The number of ether oxygens (including phenoxy) is 2. The van der Waals surface area contributed by atoms with Crippen molar-refractivity contribution in [2.75, 3.05) is 20.8 Å². The summed E-state index contributed by atoms with van der Waals surface area (Å²) >= 11 is 0. The van der Waals surface area contributed by atoms with Gasteiger partial charge in [0.25, 0.3) is 0 Å². The Labute approximate surface area is 136 Å². The van der Waals surface area contributed by atoms with Crippen LogP contribution in [0.3, 0.4) is 0 Å². The van der Waals surface area contributed by atoms with E-state index in [-0.39, 0.29) is 11.9 Å². The second-order valence-corrected chi connectivity index (χ2v) is 5.75. The molecule has 1 aliphatic heterocycles. The maximum absolute atomic E-state index is 12.4. The van der Waals surface area contributed by atoms with Crippen molar-refractivity contribution in [3.05, 3.63) is 23.8 Å².